The van der Waals surface area contributed by atoms with Gasteiger partial charge in [-0.15, -0.1) is 0 Å². The zero-order valence-corrected chi connectivity index (χ0v) is 13.5. The predicted octanol–water partition coefficient (Wildman–Crippen LogP) is 2.60. The van der Waals surface area contributed by atoms with Crippen molar-refractivity contribution in [3.63, 3.8) is 0 Å². The Morgan fingerprint density at radius 3 is 2.17 bits per heavy atom. The first-order chi connectivity index (χ1) is 11.1. The Morgan fingerprint density at radius 1 is 1.21 bits per heavy atom. The number of halogens is 3. The van der Waals surface area contributed by atoms with Crippen molar-refractivity contribution in [1.29, 1.82) is 0 Å². The molecule has 8 heteroatoms. The van der Waals surface area contributed by atoms with E-state index in [-0.39, 0.29) is 6.61 Å². The minimum absolute atomic E-state index is 0.00152. The Labute approximate surface area is 137 Å². The molecule has 0 bridgehead atoms. The first kappa shape index (κ1) is 20.0. The molecule has 2 atom stereocenters. The average molecular weight is 348 g/mol. The van der Waals surface area contributed by atoms with Crippen LogP contribution in [0.5, 0.6) is 5.75 Å². The van der Waals surface area contributed by atoms with E-state index in [2.05, 4.69) is 4.74 Å². The van der Waals surface area contributed by atoms with Gasteiger partial charge in [0.25, 0.3) is 0 Å². The first-order valence-corrected chi connectivity index (χ1v) is 7.19. The van der Waals surface area contributed by atoms with Crippen molar-refractivity contribution < 1.29 is 37.3 Å². The highest BCUT2D eigenvalue weighted by Crippen LogP contribution is 2.42. The molecule has 1 N–H and O–H groups in total. The number of alkyl halides is 3. The molecule has 0 aliphatic carbocycles. The highest BCUT2D eigenvalue weighted by molar-refractivity contribution is 5.99. The standard InChI is InChI=1S/C16H19F3O5/c1-4-24-14(21)10(2)13(20)9-15(22,16(17,18)19)11-5-7-12(23-3)8-6-11/h5-8,10,22H,4,9H2,1-3H3/t10-,15?/m1/s1. The summed E-state index contributed by atoms with van der Waals surface area (Å²) >= 11 is 0. The van der Waals surface area contributed by atoms with Crippen molar-refractivity contribution in [2.24, 2.45) is 5.92 Å². The van der Waals surface area contributed by atoms with E-state index in [1.807, 2.05) is 0 Å². The van der Waals surface area contributed by atoms with E-state index in [9.17, 15) is 27.9 Å². The van der Waals surface area contributed by atoms with Gasteiger partial charge < -0.3 is 14.6 Å². The molecule has 1 aromatic rings. The number of ketones is 1. The van der Waals surface area contributed by atoms with Crippen molar-refractivity contribution in [1.82, 2.24) is 0 Å². The Kier molecular flexibility index (Phi) is 6.36. The van der Waals surface area contributed by atoms with Crippen molar-refractivity contribution in [2.75, 3.05) is 13.7 Å². The molecule has 0 heterocycles. The fourth-order valence-corrected chi connectivity index (χ4v) is 2.04. The van der Waals surface area contributed by atoms with Crippen LogP contribution in [0.4, 0.5) is 13.2 Å². The lowest BCUT2D eigenvalue weighted by Crippen LogP contribution is -2.45. The van der Waals surface area contributed by atoms with Crippen LogP contribution >= 0.6 is 0 Å². The molecule has 134 valence electrons. The molecule has 1 unspecified atom stereocenters. The normalized spacial score (nSPS) is 15.3. The van der Waals surface area contributed by atoms with Crippen LogP contribution in [0.15, 0.2) is 24.3 Å². The Bertz CT molecular complexity index is 582. The molecular weight excluding hydrogens is 329 g/mol. The van der Waals surface area contributed by atoms with Crippen molar-refractivity contribution >= 4 is 11.8 Å². The number of carbonyl (C=O) groups is 2. The topological polar surface area (TPSA) is 72.8 Å². The predicted molar refractivity (Wildman–Crippen MR) is 78.4 cm³/mol. The Morgan fingerprint density at radius 2 is 1.75 bits per heavy atom. The number of aliphatic hydroxyl groups is 1. The second kappa shape index (κ2) is 7.65. The van der Waals surface area contributed by atoms with Crippen LogP contribution in [-0.2, 0) is 19.9 Å². The molecule has 0 amide bonds. The second-order valence-electron chi connectivity index (χ2n) is 5.20. The molecule has 1 rings (SSSR count). The summed E-state index contributed by atoms with van der Waals surface area (Å²) < 4.78 is 49.7. The molecule has 0 aliphatic heterocycles. The summed E-state index contributed by atoms with van der Waals surface area (Å²) in [6, 6.07) is 4.53. The lowest BCUT2D eigenvalue weighted by Gasteiger charge is -2.31. The first-order valence-electron chi connectivity index (χ1n) is 7.19. The third kappa shape index (κ3) is 4.25. The highest BCUT2D eigenvalue weighted by atomic mass is 19.4. The molecule has 0 fully saturated rings. The van der Waals surface area contributed by atoms with Crippen molar-refractivity contribution in [3.05, 3.63) is 29.8 Å². The summed E-state index contributed by atoms with van der Waals surface area (Å²) in [6.45, 7) is 2.65. The zero-order chi connectivity index (χ0) is 18.5. The van der Waals surface area contributed by atoms with Crippen LogP contribution in [0.3, 0.4) is 0 Å². The van der Waals surface area contributed by atoms with E-state index in [1.165, 1.54) is 26.2 Å². The minimum atomic E-state index is -5.11. The van der Waals surface area contributed by atoms with Gasteiger partial charge in [0.15, 0.2) is 5.60 Å². The van der Waals surface area contributed by atoms with E-state index < -0.39 is 41.4 Å². The Balaban J connectivity index is 3.12. The summed E-state index contributed by atoms with van der Waals surface area (Å²) in [5.41, 5.74) is -3.92. The summed E-state index contributed by atoms with van der Waals surface area (Å²) in [6.07, 6.45) is -6.39. The number of methoxy groups -OCH3 is 1. The SMILES string of the molecule is CCOC(=O)[C@H](C)C(=O)CC(O)(c1ccc(OC)cc1)C(F)(F)F. The fraction of sp³-hybridized carbons (Fsp3) is 0.500. The number of ether oxygens (including phenoxy) is 2. The van der Waals surface area contributed by atoms with Gasteiger partial charge in [-0.05, 0) is 31.5 Å². The van der Waals surface area contributed by atoms with Gasteiger partial charge in [0, 0.05) is 6.42 Å². The van der Waals surface area contributed by atoms with Gasteiger partial charge in [0.1, 0.15) is 17.5 Å². The van der Waals surface area contributed by atoms with E-state index in [0.717, 1.165) is 19.1 Å². The third-order valence-electron chi connectivity index (χ3n) is 3.59. The number of benzene rings is 1. The van der Waals surface area contributed by atoms with Gasteiger partial charge in [0.2, 0.25) is 0 Å². The number of Topliss-reactive ketones (excluding diaryl/α,β-unsaturated/α-hetero) is 1. The van der Waals surface area contributed by atoms with Gasteiger partial charge in [-0.3, -0.25) is 9.59 Å². The van der Waals surface area contributed by atoms with Gasteiger partial charge in [-0.1, -0.05) is 12.1 Å². The number of hydrogen-bond donors (Lipinski definition) is 1. The molecule has 0 saturated carbocycles. The molecule has 0 spiro atoms. The van der Waals surface area contributed by atoms with Crippen LogP contribution < -0.4 is 4.74 Å². The molecule has 0 radical (unpaired) electrons. The van der Waals surface area contributed by atoms with Crippen LogP contribution in [0, 0.1) is 5.92 Å². The lowest BCUT2D eigenvalue weighted by molar-refractivity contribution is -0.267. The molecule has 0 aromatic heterocycles. The molecule has 5 nitrogen and oxygen atoms in total. The lowest BCUT2D eigenvalue weighted by atomic mass is 9.85. The van der Waals surface area contributed by atoms with E-state index >= 15 is 0 Å². The van der Waals surface area contributed by atoms with Gasteiger partial charge >= 0.3 is 12.1 Å². The van der Waals surface area contributed by atoms with Crippen molar-refractivity contribution in [3.8, 4) is 5.75 Å². The molecule has 0 saturated heterocycles. The Hall–Kier alpha value is -2.09. The summed E-state index contributed by atoms with van der Waals surface area (Å²) in [5, 5.41) is 10.2. The fourth-order valence-electron chi connectivity index (χ4n) is 2.04. The van der Waals surface area contributed by atoms with Gasteiger partial charge in [-0.2, -0.15) is 13.2 Å². The molecule has 1 aromatic carbocycles. The third-order valence-corrected chi connectivity index (χ3v) is 3.59. The average Bonchev–Trinajstić information content (AvgIpc) is 2.53. The smallest absolute Gasteiger partial charge is 0.421 e. The van der Waals surface area contributed by atoms with E-state index in [1.54, 1.807) is 0 Å². The monoisotopic (exact) mass is 348 g/mol. The highest BCUT2D eigenvalue weighted by Gasteiger charge is 2.56. The second-order valence-corrected chi connectivity index (χ2v) is 5.20. The summed E-state index contributed by atoms with van der Waals surface area (Å²) in [5.74, 6) is -3.10. The number of carbonyl (C=O) groups excluding carboxylic acids is 2. The summed E-state index contributed by atoms with van der Waals surface area (Å²) in [4.78, 5) is 23.6. The van der Waals surface area contributed by atoms with Crippen LogP contribution in [0.2, 0.25) is 0 Å². The zero-order valence-electron chi connectivity index (χ0n) is 13.5. The largest absolute Gasteiger partial charge is 0.497 e. The molecule has 24 heavy (non-hydrogen) atoms. The molecule has 0 aliphatic rings. The molecular formula is C16H19F3O5. The number of esters is 1. The van der Waals surface area contributed by atoms with Crippen molar-refractivity contribution in [2.45, 2.75) is 32.0 Å². The quantitative estimate of drug-likeness (QED) is 0.606. The number of hydrogen-bond acceptors (Lipinski definition) is 5. The van der Waals surface area contributed by atoms with Gasteiger partial charge in [-0.25, -0.2) is 0 Å². The number of rotatable bonds is 7. The van der Waals surface area contributed by atoms with Crippen LogP contribution in [0.25, 0.3) is 0 Å². The maximum atomic E-state index is 13.4. The maximum Gasteiger partial charge on any atom is 0.421 e. The van der Waals surface area contributed by atoms with Crippen LogP contribution in [0.1, 0.15) is 25.8 Å². The van der Waals surface area contributed by atoms with Crippen LogP contribution in [-0.4, -0.2) is 36.8 Å². The minimum Gasteiger partial charge on any atom is -0.497 e. The van der Waals surface area contributed by atoms with E-state index in [4.69, 9.17) is 4.74 Å². The van der Waals surface area contributed by atoms with E-state index in [0.29, 0.717) is 5.75 Å². The summed E-state index contributed by atoms with van der Waals surface area (Å²) in [7, 11) is 1.34. The van der Waals surface area contributed by atoms with Gasteiger partial charge in [0.05, 0.1) is 13.7 Å². The maximum absolute atomic E-state index is 13.4.